The zero-order chi connectivity index (χ0) is 14.8. The van der Waals surface area contributed by atoms with Crippen LogP contribution in [0.4, 0.5) is 0 Å². The molecule has 0 aliphatic rings. The molecule has 0 amide bonds. The molecule has 6 nitrogen and oxygen atoms in total. The van der Waals surface area contributed by atoms with Crippen molar-refractivity contribution in [1.82, 2.24) is 19.7 Å². The molecule has 0 aliphatic heterocycles. The molecular weight excluding hydrogens is 296 g/mol. The van der Waals surface area contributed by atoms with Crippen molar-refractivity contribution in [3.8, 4) is 0 Å². The predicted octanol–water partition coefficient (Wildman–Crippen LogP) is 1.78. The number of sulfonamides is 1. The van der Waals surface area contributed by atoms with Crippen molar-refractivity contribution in [2.75, 3.05) is 0 Å². The van der Waals surface area contributed by atoms with Crippen LogP contribution in [0.3, 0.4) is 0 Å². The molecule has 2 aromatic heterocycles. The molecule has 110 valence electrons. The van der Waals surface area contributed by atoms with Crippen molar-refractivity contribution in [3.63, 3.8) is 0 Å². The van der Waals surface area contributed by atoms with E-state index in [4.69, 9.17) is 0 Å². The summed E-state index contributed by atoms with van der Waals surface area (Å²) in [4.78, 5) is 12.1. The van der Waals surface area contributed by atoms with E-state index < -0.39 is 10.0 Å². The minimum absolute atomic E-state index is 0.104. The van der Waals surface area contributed by atoms with Gasteiger partial charge < -0.3 is 4.98 Å². The lowest BCUT2D eigenvalue weighted by atomic mass is 10.4. The predicted molar refractivity (Wildman–Crippen MR) is 78.2 cm³/mol. The molecule has 0 bridgehead atoms. The van der Waals surface area contributed by atoms with E-state index in [2.05, 4.69) is 19.7 Å². The fourth-order valence-electron chi connectivity index (χ4n) is 1.70. The van der Waals surface area contributed by atoms with Gasteiger partial charge in [0.2, 0.25) is 0 Å². The molecule has 0 spiro atoms. The first-order valence-electron chi connectivity index (χ1n) is 6.45. The van der Waals surface area contributed by atoms with Gasteiger partial charge in [-0.25, -0.2) is 23.1 Å². The third-order valence-electron chi connectivity index (χ3n) is 2.89. The molecule has 8 heteroatoms. The molecule has 0 aliphatic carbocycles. The Bertz CT molecular complexity index is 688. The Hall–Kier alpha value is -1.25. The second-order valence-corrected chi connectivity index (χ2v) is 7.25. The van der Waals surface area contributed by atoms with Gasteiger partial charge in [0.05, 0.1) is 16.9 Å². The number of thiazole rings is 1. The molecule has 20 heavy (non-hydrogen) atoms. The Kier molecular flexibility index (Phi) is 4.56. The van der Waals surface area contributed by atoms with Crippen LogP contribution in [-0.2, 0) is 29.4 Å². The number of aryl methyl sites for hydroxylation is 3. The van der Waals surface area contributed by atoms with Crippen LogP contribution in [0.2, 0.25) is 0 Å². The number of hydrogen-bond donors (Lipinski definition) is 2. The highest BCUT2D eigenvalue weighted by Gasteiger charge is 2.18. The van der Waals surface area contributed by atoms with Crippen molar-refractivity contribution < 1.29 is 8.42 Å². The molecule has 2 heterocycles. The van der Waals surface area contributed by atoms with E-state index in [1.54, 1.807) is 11.3 Å². The fraction of sp³-hybridized carbons (Fsp3) is 0.500. The summed E-state index contributed by atoms with van der Waals surface area (Å²) in [6.07, 6.45) is 2.88. The third kappa shape index (κ3) is 3.25. The zero-order valence-corrected chi connectivity index (χ0v) is 13.4. The van der Waals surface area contributed by atoms with E-state index >= 15 is 0 Å². The lowest BCUT2D eigenvalue weighted by Gasteiger charge is -2.03. The van der Waals surface area contributed by atoms with Gasteiger partial charge in [-0.1, -0.05) is 13.8 Å². The van der Waals surface area contributed by atoms with Gasteiger partial charge in [-0.15, -0.1) is 11.3 Å². The Morgan fingerprint density at radius 3 is 2.65 bits per heavy atom. The second-order valence-electron chi connectivity index (χ2n) is 4.34. The Balaban J connectivity index is 2.10. The third-order valence-corrected chi connectivity index (χ3v) is 5.50. The lowest BCUT2D eigenvalue weighted by Crippen LogP contribution is -2.23. The molecule has 0 fully saturated rings. The number of hydrogen-bond acceptors (Lipinski definition) is 5. The number of nitrogens with one attached hydrogen (secondary N) is 2. The number of rotatable bonds is 6. The van der Waals surface area contributed by atoms with Crippen LogP contribution in [0, 0.1) is 6.92 Å². The standard InChI is InChI=1S/C12H18N4O2S2/c1-4-10-13-7-12(16-10)20(17,18)14-6-9-8(3)15-11(5-2)19-9/h7,14H,4-6H2,1-3H3,(H,13,16). The first-order chi connectivity index (χ1) is 9.46. The molecule has 0 aromatic carbocycles. The summed E-state index contributed by atoms with van der Waals surface area (Å²) >= 11 is 1.54. The first-order valence-corrected chi connectivity index (χ1v) is 8.75. The number of nitrogens with zero attached hydrogens (tertiary/aromatic N) is 2. The highest BCUT2D eigenvalue weighted by Crippen LogP contribution is 2.19. The second kappa shape index (κ2) is 6.02. The molecule has 0 saturated heterocycles. The molecule has 0 atom stereocenters. The van der Waals surface area contributed by atoms with Gasteiger partial charge in [-0.2, -0.15) is 0 Å². The summed E-state index contributed by atoms with van der Waals surface area (Å²) in [6, 6.07) is 0. The average Bonchev–Trinajstić information content (AvgIpc) is 3.03. The van der Waals surface area contributed by atoms with Crippen molar-refractivity contribution in [2.45, 2.75) is 45.2 Å². The highest BCUT2D eigenvalue weighted by molar-refractivity contribution is 7.89. The SMILES string of the molecule is CCc1ncc(S(=O)(=O)NCc2sc(CC)nc2C)[nH]1. The van der Waals surface area contributed by atoms with Gasteiger partial charge in [-0.05, 0) is 13.3 Å². The Morgan fingerprint density at radius 1 is 1.35 bits per heavy atom. The maximum absolute atomic E-state index is 12.1. The van der Waals surface area contributed by atoms with Crippen LogP contribution in [0.25, 0.3) is 0 Å². The van der Waals surface area contributed by atoms with Crippen LogP contribution >= 0.6 is 11.3 Å². The van der Waals surface area contributed by atoms with Crippen LogP contribution < -0.4 is 4.72 Å². The normalized spacial score (nSPS) is 11.9. The Labute approximate surface area is 122 Å². The van der Waals surface area contributed by atoms with Gasteiger partial charge in [-0.3, -0.25) is 0 Å². The molecular formula is C12H18N4O2S2. The van der Waals surface area contributed by atoms with Gasteiger partial charge >= 0.3 is 0 Å². The maximum Gasteiger partial charge on any atom is 0.257 e. The number of aromatic amines is 1. The summed E-state index contributed by atoms with van der Waals surface area (Å²) in [5.74, 6) is 0.660. The van der Waals surface area contributed by atoms with Gasteiger partial charge in [0.25, 0.3) is 10.0 Å². The summed E-state index contributed by atoms with van der Waals surface area (Å²) in [6.45, 7) is 6.09. The van der Waals surface area contributed by atoms with Crippen molar-refractivity contribution in [1.29, 1.82) is 0 Å². The highest BCUT2D eigenvalue weighted by atomic mass is 32.2. The van der Waals surface area contributed by atoms with Gasteiger partial charge in [0, 0.05) is 17.8 Å². The average molecular weight is 314 g/mol. The summed E-state index contributed by atoms with van der Waals surface area (Å²) in [5.41, 5.74) is 0.883. The van der Waals surface area contributed by atoms with Gasteiger partial charge in [0.1, 0.15) is 5.82 Å². The maximum atomic E-state index is 12.1. The fourth-order valence-corrected chi connectivity index (χ4v) is 3.68. The first kappa shape index (κ1) is 15.1. The van der Waals surface area contributed by atoms with E-state index in [0.29, 0.717) is 12.2 Å². The van der Waals surface area contributed by atoms with Gasteiger partial charge in [0.15, 0.2) is 5.03 Å². The topological polar surface area (TPSA) is 87.7 Å². The quantitative estimate of drug-likeness (QED) is 0.850. The smallest absolute Gasteiger partial charge is 0.257 e. The monoisotopic (exact) mass is 314 g/mol. The lowest BCUT2D eigenvalue weighted by molar-refractivity contribution is 0.578. The molecule has 2 N–H and O–H groups in total. The van der Waals surface area contributed by atoms with E-state index in [1.165, 1.54) is 6.20 Å². The zero-order valence-electron chi connectivity index (χ0n) is 11.7. The van der Waals surface area contributed by atoms with Crippen LogP contribution in [0.5, 0.6) is 0 Å². The minimum atomic E-state index is -3.55. The molecule has 2 aromatic rings. The summed E-state index contributed by atoms with van der Waals surface area (Å²) in [7, 11) is -3.55. The molecule has 0 unspecified atom stereocenters. The summed E-state index contributed by atoms with van der Waals surface area (Å²) < 4.78 is 26.8. The van der Waals surface area contributed by atoms with Crippen molar-refractivity contribution in [2.24, 2.45) is 0 Å². The van der Waals surface area contributed by atoms with Crippen LogP contribution in [0.1, 0.15) is 35.3 Å². The number of imidazole rings is 1. The Morgan fingerprint density at radius 2 is 2.10 bits per heavy atom. The number of H-pyrrole nitrogens is 1. The largest absolute Gasteiger partial charge is 0.332 e. The minimum Gasteiger partial charge on any atom is -0.332 e. The molecule has 0 saturated carbocycles. The van der Waals surface area contributed by atoms with Crippen molar-refractivity contribution in [3.05, 3.63) is 27.6 Å². The summed E-state index contributed by atoms with van der Waals surface area (Å²) in [5, 5.41) is 1.12. The van der Waals surface area contributed by atoms with E-state index in [-0.39, 0.29) is 11.6 Å². The van der Waals surface area contributed by atoms with E-state index in [9.17, 15) is 8.42 Å². The molecule has 2 rings (SSSR count). The number of aromatic nitrogens is 3. The van der Waals surface area contributed by atoms with Crippen LogP contribution in [0.15, 0.2) is 11.2 Å². The van der Waals surface area contributed by atoms with E-state index in [1.807, 2.05) is 20.8 Å². The van der Waals surface area contributed by atoms with E-state index in [0.717, 1.165) is 22.0 Å². The van der Waals surface area contributed by atoms with Crippen LogP contribution in [-0.4, -0.2) is 23.4 Å². The molecule has 0 radical (unpaired) electrons. The van der Waals surface area contributed by atoms with Crippen molar-refractivity contribution >= 4 is 21.4 Å².